The second-order valence-electron chi connectivity index (χ2n) is 29.5. The molecule has 6 aliphatic heterocycles. The lowest BCUT2D eigenvalue weighted by molar-refractivity contribution is 0.0900. The maximum atomic E-state index is 2.96. The van der Waals surface area contributed by atoms with Gasteiger partial charge in [-0.25, -0.2) is 0 Å². The van der Waals surface area contributed by atoms with Gasteiger partial charge in [0.05, 0.1) is 11.4 Å². The summed E-state index contributed by atoms with van der Waals surface area (Å²) in [6.07, 6.45) is 6.38. The Bertz CT molecular complexity index is 5160. The van der Waals surface area contributed by atoms with Crippen LogP contribution in [0, 0.1) is 11.8 Å². The molecule has 0 aromatic heterocycles. The van der Waals surface area contributed by atoms with E-state index >= 15 is 0 Å². The Balaban J connectivity index is 0.955. The van der Waals surface area contributed by atoms with Crippen LogP contribution in [0.4, 0.5) is 73.9 Å². The van der Waals surface area contributed by atoms with E-state index in [2.05, 4.69) is 349 Å². The zero-order valence-electron chi connectivity index (χ0n) is 55.6. The fraction of sp³-hybridized carbons (Fsp3) is 0.143. The minimum Gasteiger partial charge on any atom is -0.365 e. The summed E-state index contributed by atoms with van der Waals surface area (Å²) < 4.78 is 0. The van der Waals surface area contributed by atoms with Gasteiger partial charge in [-0.15, -0.1) is 0 Å². The third kappa shape index (κ3) is 8.80. The van der Waals surface area contributed by atoms with E-state index in [0.717, 1.165) is 23.2 Å². The molecule has 0 N–H and O–H groups in total. The zero-order valence-corrected chi connectivity index (χ0v) is 55.6. The number of hydrogen-bond acceptors (Lipinski definition) is 5. The van der Waals surface area contributed by atoms with E-state index in [-0.39, 0.29) is 18.8 Å². The first-order valence-corrected chi connectivity index (χ1v) is 35.6. The van der Waals surface area contributed by atoms with Crippen molar-refractivity contribution in [3.8, 4) is 44.5 Å². The summed E-state index contributed by atoms with van der Waals surface area (Å²) in [5, 5.41) is 0. The molecule has 0 unspecified atom stereocenters. The Morgan fingerprint density at radius 1 is 0.276 bits per heavy atom. The highest BCUT2D eigenvalue weighted by atomic mass is 15.2. The summed E-state index contributed by atoms with van der Waals surface area (Å²) in [5.74, 6) is 1.57. The average molecular weight is 1260 g/mol. The van der Waals surface area contributed by atoms with E-state index in [1.165, 1.54) is 178 Å². The summed E-state index contributed by atoms with van der Waals surface area (Å²) in [4.78, 5) is 13.7. The van der Waals surface area contributed by atoms with Crippen LogP contribution < -0.4 is 57.3 Å². The summed E-state index contributed by atoms with van der Waals surface area (Å²) >= 11 is 0. The van der Waals surface area contributed by atoms with Crippen LogP contribution in [0.15, 0.2) is 303 Å². The number of rotatable bonds is 9. The van der Waals surface area contributed by atoms with E-state index in [4.69, 9.17) is 0 Å². The van der Waals surface area contributed by atoms with Gasteiger partial charge in [0.25, 0.3) is 13.4 Å². The number of fused-ring (bicyclic) bond motifs is 8. The minimum absolute atomic E-state index is 0.121. The molecule has 468 valence electrons. The van der Waals surface area contributed by atoms with Crippen LogP contribution in [0.1, 0.15) is 58.4 Å². The molecular weight excluding hydrogens is 1180 g/mol. The van der Waals surface area contributed by atoms with Gasteiger partial charge in [-0.2, -0.15) is 0 Å². The minimum atomic E-state index is -0.186. The maximum absolute atomic E-state index is 2.96. The lowest BCUT2D eigenvalue weighted by atomic mass is 9.30. The average Bonchev–Trinajstić information content (AvgIpc) is 0.681. The molecule has 4 fully saturated rings. The number of para-hydroxylation sites is 6. The van der Waals surface area contributed by atoms with Crippen molar-refractivity contribution < 1.29 is 0 Å². The molecule has 13 aromatic rings. The van der Waals surface area contributed by atoms with Gasteiger partial charge in [-0.05, 0) is 177 Å². The monoisotopic (exact) mass is 1260 g/mol. The molecule has 21 rings (SSSR count). The van der Waals surface area contributed by atoms with Crippen LogP contribution >= 0.6 is 0 Å². The number of piperidine rings is 2. The summed E-state index contributed by atoms with van der Waals surface area (Å²) in [6.45, 7) is 6.82. The van der Waals surface area contributed by atoms with Crippen molar-refractivity contribution in [2.24, 2.45) is 11.8 Å². The van der Waals surface area contributed by atoms with E-state index in [1.807, 2.05) is 0 Å². The van der Waals surface area contributed by atoms with Crippen LogP contribution in [0.3, 0.4) is 0 Å². The largest absolute Gasteiger partial charge is 0.365 e. The molecule has 6 heterocycles. The summed E-state index contributed by atoms with van der Waals surface area (Å²) in [5.41, 5.74) is 34.1. The van der Waals surface area contributed by atoms with Crippen LogP contribution in [-0.2, 0) is 5.41 Å². The van der Waals surface area contributed by atoms with Gasteiger partial charge in [0.15, 0.2) is 0 Å². The second-order valence-corrected chi connectivity index (χ2v) is 29.5. The first kappa shape index (κ1) is 57.3. The SMILES string of the molecule is CC(C)(C)c1cc2c3c(c1)N(c1ccccc1)c1cc4c(cc1B3c1ccccc1N2c1ccccc1)B1c2ccccc2N(c2c(-c3ccccc3)cccc2-c2ccccc2)c2cc(N3C5CC6CC(C5)CC3C6)cc(c21)N4c1c(-c2ccccc2)cccc1-c1ccccc1. The quantitative estimate of drug-likeness (QED) is 0.134. The van der Waals surface area contributed by atoms with Crippen molar-refractivity contribution in [1.82, 2.24) is 0 Å². The Kier molecular flexibility index (Phi) is 13.0. The van der Waals surface area contributed by atoms with E-state index in [9.17, 15) is 0 Å². The van der Waals surface area contributed by atoms with Crippen LogP contribution in [-0.4, -0.2) is 25.5 Å². The Labute approximate surface area is 576 Å². The number of hydrogen-bond donors (Lipinski definition) is 0. The normalized spacial score (nSPS) is 18.0. The Hall–Kier alpha value is -11.0. The van der Waals surface area contributed by atoms with Crippen molar-refractivity contribution in [1.29, 1.82) is 0 Å². The molecule has 0 amide bonds. The Morgan fingerprint density at radius 3 is 1.02 bits per heavy atom. The number of anilines is 13. The molecule has 98 heavy (non-hydrogen) atoms. The number of nitrogens with zero attached hydrogens (tertiary/aromatic N) is 5. The van der Waals surface area contributed by atoms with Crippen molar-refractivity contribution in [3.63, 3.8) is 0 Å². The first-order valence-electron chi connectivity index (χ1n) is 35.6. The molecule has 4 bridgehead atoms. The highest BCUT2D eigenvalue weighted by Crippen LogP contribution is 2.58. The summed E-state index contributed by atoms with van der Waals surface area (Å²) in [6, 6.07) is 117. The first-order chi connectivity index (χ1) is 48.3. The zero-order chi connectivity index (χ0) is 64.9. The maximum Gasteiger partial charge on any atom is 0.252 e. The van der Waals surface area contributed by atoms with Gasteiger partial charge < -0.3 is 24.5 Å². The number of benzene rings is 13. The molecule has 0 radical (unpaired) electrons. The van der Waals surface area contributed by atoms with Gasteiger partial charge >= 0.3 is 0 Å². The summed E-state index contributed by atoms with van der Waals surface area (Å²) in [7, 11) is 0. The van der Waals surface area contributed by atoms with Gasteiger partial charge in [0.2, 0.25) is 0 Å². The van der Waals surface area contributed by atoms with Gasteiger partial charge in [-0.3, -0.25) is 0 Å². The molecule has 7 heteroatoms. The van der Waals surface area contributed by atoms with Crippen molar-refractivity contribution in [2.75, 3.05) is 24.5 Å². The molecule has 0 spiro atoms. The molecule has 13 aromatic carbocycles. The second kappa shape index (κ2) is 22.3. The molecule has 2 saturated heterocycles. The topological polar surface area (TPSA) is 16.2 Å². The highest BCUT2D eigenvalue weighted by molar-refractivity contribution is 7.03. The van der Waals surface area contributed by atoms with E-state index in [0.29, 0.717) is 12.1 Å². The highest BCUT2D eigenvalue weighted by Gasteiger charge is 2.52. The predicted octanol–water partition coefficient (Wildman–Crippen LogP) is 19.6. The van der Waals surface area contributed by atoms with Crippen molar-refractivity contribution >= 4 is 120 Å². The van der Waals surface area contributed by atoms with Crippen LogP contribution in [0.2, 0.25) is 0 Å². The Morgan fingerprint density at radius 2 is 0.612 bits per heavy atom. The molecule has 2 aliphatic carbocycles. The van der Waals surface area contributed by atoms with Gasteiger partial charge in [-0.1, -0.05) is 257 Å². The van der Waals surface area contributed by atoms with Gasteiger partial charge in [0.1, 0.15) is 0 Å². The third-order valence-corrected chi connectivity index (χ3v) is 23.0. The molecule has 5 nitrogen and oxygen atoms in total. The smallest absolute Gasteiger partial charge is 0.252 e. The third-order valence-electron chi connectivity index (χ3n) is 23.0. The van der Waals surface area contributed by atoms with Gasteiger partial charge in [0, 0.05) is 96.9 Å². The lowest BCUT2D eigenvalue weighted by Gasteiger charge is -2.58. The van der Waals surface area contributed by atoms with Crippen LogP contribution in [0.25, 0.3) is 44.5 Å². The molecule has 8 aliphatic rings. The molecule has 0 atom stereocenters. The van der Waals surface area contributed by atoms with E-state index in [1.54, 1.807) is 0 Å². The van der Waals surface area contributed by atoms with Crippen molar-refractivity contribution in [2.45, 2.75) is 70.4 Å². The van der Waals surface area contributed by atoms with Crippen LogP contribution in [0.5, 0.6) is 0 Å². The van der Waals surface area contributed by atoms with Crippen molar-refractivity contribution in [3.05, 3.63) is 309 Å². The molecule has 2 saturated carbocycles. The fourth-order valence-electron chi connectivity index (χ4n) is 19.1. The standard InChI is InChI=1S/C91H73B2N5/c1-91(2,3)65-53-83-87-84(54-65)96(67-38-20-9-21-39-67)81-58-82-78(57-77(81)92(87)75-44-22-24-46-79(75)95(83)66-36-18-8-19-37-66)93-76-45-23-25-47-80(76)97(89-71(61-28-10-4-11-29-61)40-26-41-72(89)62-30-12-5-13-31-62)85-55-70(94-68-49-59-48-60(51-68)52-69(94)50-59)56-86(88(85)93)98(82)90-73(63-32-14-6-15-33-63)42-27-43-74(90)64-34-16-7-17-35-64/h4-47,53-60,68-69H,48-52H2,1-3H3. The predicted molar refractivity (Wildman–Crippen MR) is 415 cm³/mol. The molecular formula is C91H73B2N5. The lowest BCUT2D eigenvalue weighted by Crippen LogP contribution is -2.65. The fourth-order valence-corrected chi connectivity index (χ4v) is 19.1. The van der Waals surface area contributed by atoms with E-state index < -0.39 is 0 Å².